The van der Waals surface area contributed by atoms with Gasteiger partial charge in [-0.05, 0) is 53.1 Å². The van der Waals surface area contributed by atoms with Crippen LogP contribution < -0.4 is 5.32 Å². The molecule has 1 aliphatic rings. The molecule has 39 heavy (non-hydrogen) atoms. The summed E-state index contributed by atoms with van der Waals surface area (Å²) in [4.78, 5) is 41.0. The monoisotopic (exact) mass is 600 g/mol. The third-order valence-corrected chi connectivity index (χ3v) is 7.62. The molecule has 200 valence electrons. The first-order chi connectivity index (χ1) is 18.6. The van der Waals surface area contributed by atoms with Gasteiger partial charge in [-0.3, -0.25) is 14.4 Å². The molecular weight excluding hydrogens is 578 g/mol. The number of hydrogen-bond donors (Lipinski definition) is 1. The van der Waals surface area contributed by atoms with Gasteiger partial charge in [-0.25, -0.2) is 0 Å². The van der Waals surface area contributed by atoms with Crippen molar-refractivity contribution < 1.29 is 14.4 Å². The molecule has 0 bridgehead atoms. The Hall–Kier alpha value is -3.09. The molecule has 0 aromatic heterocycles. The normalized spacial score (nSPS) is 16.4. The number of hydrogen-bond acceptors (Lipinski definition) is 3. The lowest BCUT2D eigenvalue weighted by Gasteiger charge is -2.33. The maximum atomic E-state index is 13.8. The van der Waals surface area contributed by atoms with Gasteiger partial charge in [0.15, 0.2) is 5.78 Å². The zero-order valence-corrected chi connectivity index (χ0v) is 23.9. The molecule has 1 fully saturated rings. The number of ketones is 1. The second-order valence-corrected chi connectivity index (χ2v) is 10.8. The summed E-state index contributed by atoms with van der Waals surface area (Å²) in [7, 11) is 0. The average Bonchev–Trinajstić information content (AvgIpc) is 2.90. The second kappa shape index (κ2) is 12.8. The van der Waals surface area contributed by atoms with E-state index in [0.29, 0.717) is 48.8 Å². The van der Waals surface area contributed by atoms with Gasteiger partial charge in [-0.15, -0.1) is 0 Å². The van der Waals surface area contributed by atoms with E-state index in [1.807, 2.05) is 30.3 Å². The number of likely N-dealkylation sites (tertiary alicyclic amines) is 1. The molecule has 5 nitrogen and oxygen atoms in total. The molecular formula is C30H24Cl4N2O3. The second-order valence-electron chi connectivity index (χ2n) is 9.15. The quantitative estimate of drug-likeness (QED) is 0.312. The molecule has 0 aliphatic carbocycles. The summed E-state index contributed by atoms with van der Waals surface area (Å²) < 4.78 is 0. The smallest absolute Gasteiger partial charge is 0.246 e. The van der Waals surface area contributed by atoms with Crippen LogP contribution >= 0.6 is 46.4 Å². The van der Waals surface area contributed by atoms with Gasteiger partial charge in [0.2, 0.25) is 11.8 Å². The van der Waals surface area contributed by atoms with Crippen molar-refractivity contribution >= 4 is 76.2 Å². The molecule has 9 heteroatoms. The third kappa shape index (κ3) is 7.52. The van der Waals surface area contributed by atoms with E-state index in [1.165, 1.54) is 6.92 Å². The largest absolute Gasteiger partial charge is 0.344 e. The standard InChI is InChI=1S/C30H24Cl4N2O3/c1-18(37)35-28(15-19-5-3-2-4-6-19)30(39)36-16-22(11-20-7-9-24(31)26(33)13-20)29(38)23(17-36)12-21-8-10-25(32)27(34)14-21/h2-14,28H,15-17H2,1H3,(H,35,37)/b22-11+,23-12+. The Morgan fingerprint density at radius 3 is 1.79 bits per heavy atom. The Morgan fingerprint density at radius 2 is 1.33 bits per heavy atom. The fourth-order valence-corrected chi connectivity index (χ4v) is 4.93. The Morgan fingerprint density at radius 1 is 0.821 bits per heavy atom. The predicted molar refractivity (Wildman–Crippen MR) is 158 cm³/mol. The fourth-order valence-electron chi connectivity index (χ4n) is 4.32. The molecule has 1 N–H and O–H groups in total. The van der Waals surface area contributed by atoms with Crippen molar-refractivity contribution in [3.8, 4) is 0 Å². The lowest BCUT2D eigenvalue weighted by molar-refractivity contribution is -0.136. The van der Waals surface area contributed by atoms with Crippen LogP contribution in [0.4, 0.5) is 0 Å². The summed E-state index contributed by atoms with van der Waals surface area (Å²) in [6, 6.07) is 18.7. The van der Waals surface area contributed by atoms with Crippen LogP contribution in [0.25, 0.3) is 12.2 Å². The first-order valence-corrected chi connectivity index (χ1v) is 13.6. The zero-order valence-electron chi connectivity index (χ0n) is 20.9. The van der Waals surface area contributed by atoms with Crippen LogP contribution in [0, 0.1) is 0 Å². The molecule has 2 amide bonds. The number of carbonyl (C=O) groups is 3. The highest BCUT2D eigenvalue weighted by Gasteiger charge is 2.33. The van der Waals surface area contributed by atoms with Crippen molar-refractivity contribution in [1.29, 1.82) is 0 Å². The molecule has 1 aliphatic heterocycles. The molecule has 0 saturated carbocycles. The molecule has 1 heterocycles. The Labute approximate surface area is 247 Å². The minimum atomic E-state index is -0.810. The zero-order chi connectivity index (χ0) is 28.1. The minimum absolute atomic E-state index is 0.0570. The molecule has 0 radical (unpaired) electrons. The summed E-state index contributed by atoms with van der Waals surface area (Å²) in [6.07, 6.45) is 3.69. The van der Waals surface area contributed by atoms with Gasteiger partial charge in [-0.1, -0.05) is 88.9 Å². The minimum Gasteiger partial charge on any atom is -0.344 e. The molecule has 1 unspecified atom stereocenters. The maximum Gasteiger partial charge on any atom is 0.246 e. The van der Waals surface area contributed by atoms with Crippen LogP contribution in [0.1, 0.15) is 23.6 Å². The van der Waals surface area contributed by atoms with Gasteiger partial charge in [0.05, 0.1) is 20.1 Å². The Kier molecular flexibility index (Phi) is 9.52. The highest BCUT2D eigenvalue weighted by molar-refractivity contribution is 6.42. The fraction of sp³-hybridized carbons (Fsp3) is 0.167. The SMILES string of the molecule is CC(=O)NC(Cc1ccccc1)C(=O)N1C/C(=C\c2ccc(Cl)c(Cl)c2)C(=O)/C(=C/c2ccc(Cl)c(Cl)c2)C1. The van der Waals surface area contributed by atoms with E-state index in [2.05, 4.69) is 5.32 Å². The number of halogens is 4. The summed E-state index contributed by atoms with van der Waals surface area (Å²) in [5, 5.41) is 4.26. The molecule has 1 atom stereocenters. The van der Waals surface area contributed by atoms with Gasteiger partial charge in [0.1, 0.15) is 6.04 Å². The van der Waals surface area contributed by atoms with E-state index in [-0.39, 0.29) is 30.7 Å². The number of nitrogens with one attached hydrogen (secondary N) is 1. The number of piperidine rings is 1. The average molecular weight is 602 g/mol. The van der Waals surface area contributed by atoms with E-state index in [1.54, 1.807) is 53.5 Å². The predicted octanol–water partition coefficient (Wildman–Crippen LogP) is 6.93. The molecule has 0 spiro atoms. The maximum absolute atomic E-state index is 13.8. The number of amides is 2. The van der Waals surface area contributed by atoms with Crippen LogP contribution in [0.5, 0.6) is 0 Å². The van der Waals surface area contributed by atoms with Crippen LogP contribution in [0.2, 0.25) is 20.1 Å². The molecule has 3 aromatic carbocycles. The van der Waals surface area contributed by atoms with E-state index in [9.17, 15) is 14.4 Å². The van der Waals surface area contributed by atoms with Gasteiger partial charge in [-0.2, -0.15) is 0 Å². The molecule has 3 aromatic rings. The number of nitrogens with zero attached hydrogens (tertiary/aromatic N) is 1. The number of carbonyl (C=O) groups excluding carboxylic acids is 3. The first kappa shape index (κ1) is 28.9. The van der Waals surface area contributed by atoms with Crippen LogP contribution in [-0.4, -0.2) is 41.6 Å². The lowest BCUT2D eigenvalue weighted by atomic mass is 9.93. The van der Waals surface area contributed by atoms with E-state index in [0.717, 1.165) is 5.56 Å². The number of Topliss-reactive ketones (excluding diaryl/α,β-unsaturated/α-hetero) is 1. The van der Waals surface area contributed by atoms with Crippen molar-refractivity contribution in [1.82, 2.24) is 10.2 Å². The van der Waals surface area contributed by atoms with E-state index in [4.69, 9.17) is 46.4 Å². The summed E-state index contributed by atoms with van der Waals surface area (Å²) in [5.74, 6) is -0.840. The first-order valence-electron chi connectivity index (χ1n) is 12.1. The highest BCUT2D eigenvalue weighted by atomic mass is 35.5. The topological polar surface area (TPSA) is 66.5 Å². The number of benzene rings is 3. The summed E-state index contributed by atoms with van der Waals surface area (Å²) >= 11 is 24.5. The van der Waals surface area contributed by atoms with Crippen molar-refractivity contribution in [2.75, 3.05) is 13.1 Å². The highest BCUT2D eigenvalue weighted by Crippen LogP contribution is 2.28. The van der Waals surface area contributed by atoms with Crippen molar-refractivity contribution in [3.63, 3.8) is 0 Å². The van der Waals surface area contributed by atoms with Gasteiger partial charge in [0.25, 0.3) is 0 Å². The van der Waals surface area contributed by atoms with Crippen molar-refractivity contribution in [2.45, 2.75) is 19.4 Å². The lowest BCUT2D eigenvalue weighted by Crippen LogP contribution is -2.52. The molecule has 1 saturated heterocycles. The van der Waals surface area contributed by atoms with Crippen LogP contribution in [-0.2, 0) is 20.8 Å². The van der Waals surface area contributed by atoms with E-state index >= 15 is 0 Å². The van der Waals surface area contributed by atoms with Crippen LogP contribution in [0.15, 0.2) is 77.9 Å². The summed E-state index contributed by atoms with van der Waals surface area (Å²) in [5.41, 5.74) is 3.01. The Bertz CT molecular complexity index is 1410. The van der Waals surface area contributed by atoms with Crippen molar-refractivity contribution in [2.24, 2.45) is 0 Å². The van der Waals surface area contributed by atoms with Gasteiger partial charge < -0.3 is 10.2 Å². The van der Waals surface area contributed by atoms with Crippen molar-refractivity contribution in [3.05, 3.63) is 115 Å². The van der Waals surface area contributed by atoms with E-state index < -0.39 is 6.04 Å². The molecule has 4 rings (SSSR count). The van der Waals surface area contributed by atoms with Crippen LogP contribution in [0.3, 0.4) is 0 Å². The van der Waals surface area contributed by atoms with Gasteiger partial charge in [0, 0.05) is 37.6 Å². The Balaban J connectivity index is 1.72. The van der Waals surface area contributed by atoms with Gasteiger partial charge >= 0.3 is 0 Å². The third-order valence-electron chi connectivity index (χ3n) is 6.14. The summed E-state index contributed by atoms with van der Waals surface area (Å²) in [6.45, 7) is 1.49. The number of rotatable bonds is 6.